The highest BCUT2D eigenvalue weighted by Crippen LogP contribution is 2.36. The molecule has 0 amide bonds. The van der Waals surface area contributed by atoms with Gasteiger partial charge in [0.05, 0.1) is 13.2 Å². The molecule has 1 aliphatic heterocycles. The van der Waals surface area contributed by atoms with Gasteiger partial charge in [0.1, 0.15) is 6.04 Å². The van der Waals surface area contributed by atoms with Crippen LogP contribution in [0.3, 0.4) is 0 Å². The van der Waals surface area contributed by atoms with E-state index in [1.807, 2.05) is 0 Å². The average Bonchev–Trinajstić information content (AvgIpc) is 2.50. The summed E-state index contributed by atoms with van der Waals surface area (Å²) in [6, 6.07) is 2.06. The van der Waals surface area contributed by atoms with Gasteiger partial charge in [0, 0.05) is 6.42 Å². The molecule has 1 heterocycles. The van der Waals surface area contributed by atoms with Gasteiger partial charge in [-0.2, -0.15) is 13.2 Å². The molecular formula is C11H12F3NO2. The third-order valence-electron chi connectivity index (χ3n) is 2.48. The van der Waals surface area contributed by atoms with E-state index in [0.29, 0.717) is 31.1 Å². The van der Waals surface area contributed by atoms with E-state index >= 15 is 0 Å². The molecule has 0 radical (unpaired) electrons. The van der Waals surface area contributed by atoms with Crippen LogP contribution >= 0.6 is 0 Å². The van der Waals surface area contributed by atoms with Crippen LogP contribution in [0.15, 0.2) is 18.2 Å². The Hall–Kier alpha value is -1.43. The molecule has 0 aromatic heterocycles. The minimum atomic E-state index is -4.46. The van der Waals surface area contributed by atoms with Crippen molar-refractivity contribution >= 4 is 0 Å². The lowest BCUT2D eigenvalue weighted by Gasteiger charge is -2.17. The highest BCUT2D eigenvalue weighted by atomic mass is 19.4. The van der Waals surface area contributed by atoms with Gasteiger partial charge in [0.15, 0.2) is 11.5 Å². The molecule has 0 spiro atoms. The van der Waals surface area contributed by atoms with Gasteiger partial charge in [-0.15, -0.1) is 0 Å². The lowest BCUT2D eigenvalue weighted by Crippen LogP contribution is -2.28. The molecule has 0 saturated heterocycles. The standard InChI is InChI=1S/C11H12F3NO2/c12-11(13,14)10(15)7-2-3-8-9(6-7)17-5-1-4-16-8/h2-3,6,10H,1,4-5,15H2/t10-/m1/s1. The maximum Gasteiger partial charge on any atom is 0.407 e. The van der Waals surface area contributed by atoms with Crippen LogP contribution in [0.5, 0.6) is 11.5 Å². The van der Waals surface area contributed by atoms with Crippen molar-refractivity contribution in [1.29, 1.82) is 0 Å². The van der Waals surface area contributed by atoms with Crippen molar-refractivity contribution in [2.75, 3.05) is 13.2 Å². The van der Waals surface area contributed by atoms with Crippen molar-refractivity contribution in [2.24, 2.45) is 5.73 Å². The van der Waals surface area contributed by atoms with Crippen LogP contribution in [0.4, 0.5) is 13.2 Å². The van der Waals surface area contributed by atoms with E-state index in [4.69, 9.17) is 15.2 Å². The van der Waals surface area contributed by atoms with E-state index in [-0.39, 0.29) is 5.56 Å². The van der Waals surface area contributed by atoms with Crippen LogP contribution in [-0.4, -0.2) is 19.4 Å². The highest BCUT2D eigenvalue weighted by molar-refractivity contribution is 5.44. The number of halogens is 3. The molecule has 0 unspecified atom stereocenters. The Morgan fingerprint density at radius 2 is 1.76 bits per heavy atom. The van der Waals surface area contributed by atoms with Crippen LogP contribution in [-0.2, 0) is 0 Å². The summed E-state index contributed by atoms with van der Waals surface area (Å²) in [6.45, 7) is 0.926. The van der Waals surface area contributed by atoms with E-state index < -0.39 is 12.2 Å². The zero-order valence-electron chi connectivity index (χ0n) is 8.96. The normalized spacial score (nSPS) is 17.4. The number of nitrogens with two attached hydrogens (primary N) is 1. The Bertz CT molecular complexity index is 406. The number of hydrogen-bond acceptors (Lipinski definition) is 3. The Labute approximate surface area is 96.3 Å². The van der Waals surface area contributed by atoms with Crippen LogP contribution in [0.25, 0.3) is 0 Å². The molecular weight excluding hydrogens is 235 g/mol. The fraction of sp³-hybridized carbons (Fsp3) is 0.455. The summed E-state index contributed by atoms with van der Waals surface area (Å²) in [4.78, 5) is 0. The van der Waals surface area contributed by atoms with Gasteiger partial charge in [-0.25, -0.2) is 0 Å². The molecule has 3 nitrogen and oxygen atoms in total. The largest absolute Gasteiger partial charge is 0.490 e. The third-order valence-corrected chi connectivity index (χ3v) is 2.48. The molecule has 2 rings (SSSR count). The fourth-order valence-electron chi connectivity index (χ4n) is 1.56. The number of ether oxygens (including phenoxy) is 2. The van der Waals surface area contributed by atoms with Gasteiger partial charge in [-0.1, -0.05) is 6.07 Å². The van der Waals surface area contributed by atoms with E-state index in [0.717, 1.165) is 0 Å². The summed E-state index contributed by atoms with van der Waals surface area (Å²) in [7, 11) is 0. The van der Waals surface area contributed by atoms with Crippen molar-refractivity contribution in [3.05, 3.63) is 23.8 Å². The van der Waals surface area contributed by atoms with Gasteiger partial charge in [-0.3, -0.25) is 0 Å². The van der Waals surface area contributed by atoms with Gasteiger partial charge in [-0.05, 0) is 17.7 Å². The molecule has 0 saturated carbocycles. The number of hydrogen-bond donors (Lipinski definition) is 1. The molecule has 0 aliphatic carbocycles. The van der Waals surface area contributed by atoms with E-state index in [1.54, 1.807) is 0 Å². The monoisotopic (exact) mass is 247 g/mol. The van der Waals surface area contributed by atoms with Crippen molar-refractivity contribution in [1.82, 2.24) is 0 Å². The van der Waals surface area contributed by atoms with Crippen LogP contribution < -0.4 is 15.2 Å². The summed E-state index contributed by atoms with van der Waals surface area (Å²) >= 11 is 0. The van der Waals surface area contributed by atoms with Gasteiger partial charge in [0.25, 0.3) is 0 Å². The van der Waals surface area contributed by atoms with Crippen molar-refractivity contribution in [3.63, 3.8) is 0 Å². The van der Waals surface area contributed by atoms with Crippen LogP contribution in [0.1, 0.15) is 18.0 Å². The second-order valence-corrected chi connectivity index (χ2v) is 3.78. The summed E-state index contributed by atoms with van der Waals surface area (Å²) in [5.41, 5.74) is 5.10. The first kappa shape index (κ1) is 12.0. The summed E-state index contributed by atoms with van der Waals surface area (Å²) in [5.74, 6) is 0.778. The van der Waals surface area contributed by atoms with Crippen molar-refractivity contribution < 1.29 is 22.6 Å². The summed E-state index contributed by atoms with van der Waals surface area (Å²) in [5, 5.41) is 0. The predicted octanol–water partition coefficient (Wildman–Crippen LogP) is 2.41. The van der Waals surface area contributed by atoms with Crippen molar-refractivity contribution in [2.45, 2.75) is 18.6 Å². The highest BCUT2D eigenvalue weighted by Gasteiger charge is 2.38. The topological polar surface area (TPSA) is 44.5 Å². The first-order valence-corrected chi connectivity index (χ1v) is 5.20. The summed E-state index contributed by atoms with van der Waals surface area (Å²) < 4.78 is 48.0. The molecule has 0 bridgehead atoms. The molecule has 1 aromatic rings. The number of benzene rings is 1. The lowest BCUT2D eigenvalue weighted by atomic mass is 10.1. The summed E-state index contributed by atoms with van der Waals surface area (Å²) in [6.07, 6.45) is -3.75. The molecule has 0 fully saturated rings. The molecule has 17 heavy (non-hydrogen) atoms. The number of alkyl halides is 3. The Kier molecular flexibility index (Phi) is 3.15. The Balaban J connectivity index is 2.29. The van der Waals surface area contributed by atoms with E-state index in [9.17, 15) is 13.2 Å². The zero-order valence-corrected chi connectivity index (χ0v) is 8.96. The van der Waals surface area contributed by atoms with Crippen LogP contribution in [0.2, 0.25) is 0 Å². The molecule has 6 heteroatoms. The van der Waals surface area contributed by atoms with Gasteiger partial charge < -0.3 is 15.2 Å². The fourth-order valence-corrected chi connectivity index (χ4v) is 1.56. The molecule has 1 aromatic carbocycles. The second kappa shape index (κ2) is 4.44. The third kappa shape index (κ3) is 2.63. The second-order valence-electron chi connectivity index (χ2n) is 3.78. The SMILES string of the molecule is N[C@H](c1ccc2c(c1)OCCCO2)C(F)(F)F. The first-order chi connectivity index (χ1) is 7.98. The zero-order chi connectivity index (χ0) is 12.5. The number of fused-ring (bicyclic) bond motifs is 1. The van der Waals surface area contributed by atoms with E-state index in [1.165, 1.54) is 18.2 Å². The first-order valence-electron chi connectivity index (χ1n) is 5.20. The Morgan fingerprint density at radius 3 is 2.41 bits per heavy atom. The minimum absolute atomic E-state index is 0.0262. The van der Waals surface area contributed by atoms with E-state index in [2.05, 4.69) is 0 Å². The molecule has 1 aliphatic rings. The van der Waals surface area contributed by atoms with Gasteiger partial charge >= 0.3 is 6.18 Å². The molecule has 94 valence electrons. The van der Waals surface area contributed by atoms with Gasteiger partial charge in [0.2, 0.25) is 0 Å². The maximum atomic E-state index is 12.5. The minimum Gasteiger partial charge on any atom is -0.490 e. The average molecular weight is 247 g/mol. The Morgan fingerprint density at radius 1 is 1.12 bits per heavy atom. The number of rotatable bonds is 1. The molecule has 1 atom stereocenters. The molecule has 2 N–H and O–H groups in total. The van der Waals surface area contributed by atoms with Crippen LogP contribution in [0, 0.1) is 0 Å². The predicted molar refractivity (Wildman–Crippen MR) is 55.0 cm³/mol. The van der Waals surface area contributed by atoms with Crippen molar-refractivity contribution in [3.8, 4) is 11.5 Å². The lowest BCUT2D eigenvalue weighted by molar-refractivity contribution is -0.149. The maximum absolute atomic E-state index is 12.5. The smallest absolute Gasteiger partial charge is 0.407 e. The quantitative estimate of drug-likeness (QED) is 0.828.